The van der Waals surface area contributed by atoms with Gasteiger partial charge in [0.2, 0.25) is 0 Å². The second kappa shape index (κ2) is 2.12. The fraction of sp³-hybridized carbons (Fsp3) is 0.909. The number of hydrogen-bond donors (Lipinski definition) is 0. The number of rotatable bonds is 0. The Morgan fingerprint density at radius 1 is 1.17 bits per heavy atom. The van der Waals surface area contributed by atoms with Crippen LogP contribution in [0.1, 0.15) is 44.9 Å². The van der Waals surface area contributed by atoms with E-state index < -0.39 is 0 Å². The van der Waals surface area contributed by atoms with Crippen molar-refractivity contribution in [3.63, 3.8) is 0 Å². The normalized spacial score (nSPS) is 51.2. The van der Waals surface area contributed by atoms with Gasteiger partial charge < -0.3 is 0 Å². The van der Waals surface area contributed by atoms with Crippen LogP contribution < -0.4 is 0 Å². The molecule has 1 heteroatoms. The molecule has 3 atom stereocenters. The lowest BCUT2D eigenvalue weighted by atomic mass is 9.48. The van der Waals surface area contributed by atoms with Gasteiger partial charge >= 0.3 is 0 Å². The molecule has 0 N–H and O–H groups in total. The zero-order valence-electron chi connectivity index (χ0n) is 7.51. The number of ketones is 1. The summed E-state index contributed by atoms with van der Waals surface area (Å²) in [5.74, 6) is 2.26. The first-order valence-electron chi connectivity index (χ1n) is 5.37. The van der Waals surface area contributed by atoms with Crippen LogP contribution in [-0.4, -0.2) is 5.78 Å². The Bertz CT molecular complexity index is 233. The highest BCUT2D eigenvalue weighted by Crippen LogP contribution is 2.65. The monoisotopic (exact) mass is 164 g/mol. The van der Waals surface area contributed by atoms with Crippen molar-refractivity contribution in [1.29, 1.82) is 0 Å². The van der Waals surface area contributed by atoms with Crippen molar-refractivity contribution in [2.75, 3.05) is 0 Å². The lowest BCUT2D eigenvalue weighted by Gasteiger charge is -2.54. The van der Waals surface area contributed by atoms with Crippen molar-refractivity contribution in [2.45, 2.75) is 44.9 Å². The van der Waals surface area contributed by atoms with Gasteiger partial charge in [0, 0.05) is 11.8 Å². The van der Waals surface area contributed by atoms with Gasteiger partial charge in [-0.25, -0.2) is 0 Å². The van der Waals surface area contributed by atoms with Crippen LogP contribution in [0.2, 0.25) is 0 Å². The summed E-state index contributed by atoms with van der Waals surface area (Å²) >= 11 is 0. The predicted octanol–water partition coefficient (Wildman–Crippen LogP) is 2.55. The second-order valence-electron chi connectivity index (χ2n) is 4.88. The topological polar surface area (TPSA) is 17.1 Å². The molecule has 1 nitrogen and oxygen atoms in total. The molecule has 66 valence electrons. The van der Waals surface area contributed by atoms with Crippen LogP contribution in [0.25, 0.3) is 0 Å². The van der Waals surface area contributed by atoms with Crippen LogP contribution in [0.15, 0.2) is 0 Å². The number of hydrogen-bond acceptors (Lipinski definition) is 1. The maximum atomic E-state index is 11.9. The van der Waals surface area contributed by atoms with Gasteiger partial charge in [0.25, 0.3) is 0 Å². The van der Waals surface area contributed by atoms with Gasteiger partial charge in [0.1, 0.15) is 5.78 Å². The molecule has 0 unspecified atom stereocenters. The molecule has 0 heterocycles. The first kappa shape index (κ1) is 7.11. The first-order chi connectivity index (χ1) is 5.84. The summed E-state index contributed by atoms with van der Waals surface area (Å²) in [6, 6.07) is 0. The lowest BCUT2D eigenvalue weighted by molar-refractivity contribution is -0.151. The molecule has 0 bridgehead atoms. The molecule has 12 heavy (non-hydrogen) atoms. The van der Waals surface area contributed by atoms with E-state index in [1.807, 2.05) is 0 Å². The largest absolute Gasteiger partial charge is 0.299 e. The molecule has 1 spiro atoms. The van der Waals surface area contributed by atoms with E-state index in [-0.39, 0.29) is 5.41 Å². The van der Waals surface area contributed by atoms with Gasteiger partial charge in [-0.15, -0.1) is 0 Å². The van der Waals surface area contributed by atoms with E-state index in [0.29, 0.717) is 5.78 Å². The van der Waals surface area contributed by atoms with Crippen LogP contribution in [0.5, 0.6) is 0 Å². The zero-order valence-corrected chi connectivity index (χ0v) is 7.51. The molecule has 0 amide bonds. The maximum Gasteiger partial charge on any atom is 0.139 e. The number of carbonyl (C=O) groups excluding carboxylic acids is 1. The fourth-order valence-corrected chi connectivity index (χ4v) is 4.07. The average Bonchev–Trinajstić information content (AvgIpc) is 2.31. The van der Waals surface area contributed by atoms with E-state index in [9.17, 15) is 4.79 Å². The molecule has 0 aromatic rings. The second-order valence-corrected chi connectivity index (χ2v) is 4.88. The van der Waals surface area contributed by atoms with Crippen molar-refractivity contribution in [1.82, 2.24) is 0 Å². The van der Waals surface area contributed by atoms with Gasteiger partial charge in [-0.05, 0) is 43.9 Å². The van der Waals surface area contributed by atoms with Crippen LogP contribution in [0.4, 0.5) is 0 Å². The molecule has 3 rings (SSSR count). The van der Waals surface area contributed by atoms with E-state index in [2.05, 4.69) is 0 Å². The molecular weight excluding hydrogens is 148 g/mol. The summed E-state index contributed by atoms with van der Waals surface area (Å²) in [4.78, 5) is 11.9. The molecule has 3 fully saturated rings. The fourth-order valence-electron chi connectivity index (χ4n) is 4.07. The van der Waals surface area contributed by atoms with Gasteiger partial charge in [0.15, 0.2) is 0 Å². The standard InChI is InChI=1S/C11H16O/c12-10-5-1-3-8-7-9-4-2-6-11(8,9)10/h8-9H,1-7H2/t8-,9-,11-/m1/s1. The van der Waals surface area contributed by atoms with Gasteiger partial charge in [-0.2, -0.15) is 0 Å². The van der Waals surface area contributed by atoms with E-state index in [1.54, 1.807) is 0 Å². The molecule has 3 aliphatic rings. The van der Waals surface area contributed by atoms with Crippen LogP contribution in [0.3, 0.4) is 0 Å². The Balaban J connectivity index is 1.96. The Morgan fingerprint density at radius 3 is 2.58 bits per heavy atom. The Morgan fingerprint density at radius 2 is 1.92 bits per heavy atom. The molecule has 0 aromatic heterocycles. The van der Waals surface area contributed by atoms with Gasteiger partial charge in [0.05, 0.1) is 0 Å². The zero-order chi connectivity index (χ0) is 8.18. The minimum Gasteiger partial charge on any atom is -0.299 e. The van der Waals surface area contributed by atoms with Gasteiger partial charge in [-0.1, -0.05) is 6.42 Å². The molecule has 0 aliphatic heterocycles. The SMILES string of the molecule is O=C1CCC[C@@H]2C[C@H]3CCC[C@@]123. The van der Waals surface area contributed by atoms with E-state index >= 15 is 0 Å². The van der Waals surface area contributed by atoms with Crippen molar-refractivity contribution in [3.8, 4) is 0 Å². The Labute approximate surface area is 73.5 Å². The van der Waals surface area contributed by atoms with Crippen LogP contribution in [0, 0.1) is 17.3 Å². The van der Waals surface area contributed by atoms with Crippen molar-refractivity contribution in [3.05, 3.63) is 0 Å². The van der Waals surface area contributed by atoms with E-state index in [4.69, 9.17) is 0 Å². The van der Waals surface area contributed by atoms with E-state index in [0.717, 1.165) is 18.3 Å². The van der Waals surface area contributed by atoms with Crippen molar-refractivity contribution < 1.29 is 4.79 Å². The summed E-state index contributed by atoms with van der Waals surface area (Å²) in [5.41, 5.74) is 0.248. The molecular formula is C11H16O. The highest BCUT2D eigenvalue weighted by atomic mass is 16.1. The lowest BCUT2D eigenvalue weighted by Crippen LogP contribution is -2.53. The van der Waals surface area contributed by atoms with Crippen LogP contribution in [-0.2, 0) is 4.79 Å². The summed E-state index contributed by atoms with van der Waals surface area (Å²) in [7, 11) is 0. The maximum absolute atomic E-state index is 11.9. The summed E-state index contributed by atoms with van der Waals surface area (Å²) in [6.45, 7) is 0. The summed E-state index contributed by atoms with van der Waals surface area (Å²) in [6.07, 6.45) is 8.72. The van der Waals surface area contributed by atoms with Crippen LogP contribution >= 0.6 is 0 Å². The summed E-state index contributed by atoms with van der Waals surface area (Å²) < 4.78 is 0. The highest BCUT2D eigenvalue weighted by Gasteiger charge is 2.61. The number of Topliss-reactive ketones (excluding diaryl/α,β-unsaturated/α-hetero) is 1. The molecule has 0 aromatic carbocycles. The third kappa shape index (κ3) is 0.605. The highest BCUT2D eigenvalue weighted by molar-refractivity contribution is 5.87. The Hall–Kier alpha value is -0.330. The summed E-state index contributed by atoms with van der Waals surface area (Å²) in [5, 5.41) is 0. The third-order valence-electron chi connectivity index (χ3n) is 4.64. The molecule has 0 saturated heterocycles. The minimum atomic E-state index is 0.248. The molecule has 3 aliphatic carbocycles. The average molecular weight is 164 g/mol. The molecule has 3 saturated carbocycles. The smallest absolute Gasteiger partial charge is 0.139 e. The number of carbonyl (C=O) groups is 1. The predicted molar refractivity (Wildman–Crippen MR) is 46.7 cm³/mol. The third-order valence-corrected chi connectivity index (χ3v) is 4.64. The van der Waals surface area contributed by atoms with Gasteiger partial charge in [-0.3, -0.25) is 4.79 Å². The minimum absolute atomic E-state index is 0.248. The molecule has 0 radical (unpaired) electrons. The Kier molecular flexibility index (Phi) is 1.26. The first-order valence-corrected chi connectivity index (χ1v) is 5.37. The van der Waals surface area contributed by atoms with E-state index in [1.165, 1.54) is 38.5 Å². The quantitative estimate of drug-likeness (QED) is 0.537. The van der Waals surface area contributed by atoms with Crippen molar-refractivity contribution >= 4 is 5.78 Å². The van der Waals surface area contributed by atoms with Crippen molar-refractivity contribution in [2.24, 2.45) is 17.3 Å².